The molecular formula is C17H19FN2O2S. The number of thiophene rings is 1. The fourth-order valence-corrected chi connectivity index (χ4v) is 3.40. The number of hydrogen-bond acceptors (Lipinski definition) is 4. The molecule has 1 aliphatic heterocycles. The number of hydrogen-bond donors (Lipinski definition) is 1. The minimum atomic E-state index is -0.279. The molecule has 0 spiro atoms. The van der Waals surface area contributed by atoms with E-state index in [4.69, 9.17) is 4.74 Å². The van der Waals surface area contributed by atoms with Crippen LogP contribution in [0.5, 0.6) is 0 Å². The van der Waals surface area contributed by atoms with E-state index in [-0.39, 0.29) is 17.8 Å². The fourth-order valence-electron chi connectivity index (χ4n) is 2.60. The van der Waals surface area contributed by atoms with Gasteiger partial charge in [-0.05, 0) is 29.1 Å². The van der Waals surface area contributed by atoms with E-state index in [1.807, 2.05) is 17.5 Å². The van der Waals surface area contributed by atoms with Gasteiger partial charge in [0, 0.05) is 18.0 Å². The van der Waals surface area contributed by atoms with Gasteiger partial charge in [-0.2, -0.15) is 0 Å². The molecular weight excluding hydrogens is 315 g/mol. The van der Waals surface area contributed by atoms with Crippen molar-refractivity contribution < 1.29 is 13.9 Å². The topological polar surface area (TPSA) is 41.6 Å². The van der Waals surface area contributed by atoms with Gasteiger partial charge < -0.3 is 10.1 Å². The third kappa shape index (κ3) is 4.37. The summed E-state index contributed by atoms with van der Waals surface area (Å²) in [5.41, 5.74) is 0.879. The van der Waals surface area contributed by atoms with Crippen LogP contribution in [0.1, 0.15) is 16.5 Å². The van der Waals surface area contributed by atoms with Crippen molar-refractivity contribution in [2.45, 2.75) is 6.04 Å². The average molecular weight is 334 g/mol. The van der Waals surface area contributed by atoms with Gasteiger partial charge in [0.2, 0.25) is 5.91 Å². The molecule has 1 amide bonds. The van der Waals surface area contributed by atoms with Crippen LogP contribution in [-0.2, 0) is 9.53 Å². The summed E-state index contributed by atoms with van der Waals surface area (Å²) in [6.07, 6.45) is 0. The second-order valence-corrected chi connectivity index (χ2v) is 6.44. The number of rotatable bonds is 5. The summed E-state index contributed by atoms with van der Waals surface area (Å²) in [6, 6.07) is 9.96. The van der Waals surface area contributed by atoms with Gasteiger partial charge in [0.1, 0.15) is 5.82 Å². The third-order valence-electron chi connectivity index (χ3n) is 3.81. The van der Waals surface area contributed by atoms with Gasteiger partial charge in [0.05, 0.1) is 25.8 Å². The Kier molecular flexibility index (Phi) is 5.38. The van der Waals surface area contributed by atoms with Gasteiger partial charge in [-0.3, -0.25) is 9.69 Å². The van der Waals surface area contributed by atoms with Gasteiger partial charge in [-0.15, -0.1) is 11.3 Å². The number of nitrogens with zero attached hydrogens (tertiary/aromatic N) is 1. The van der Waals surface area contributed by atoms with Gasteiger partial charge in [-0.25, -0.2) is 4.39 Å². The number of ether oxygens (including phenoxy) is 1. The Labute approximate surface area is 138 Å². The van der Waals surface area contributed by atoms with E-state index in [1.165, 1.54) is 12.1 Å². The van der Waals surface area contributed by atoms with Crippen LogP contribution in [0.25, 0.3) is 0 Å². The summed E-state index contributed by atoms with van der Waals surface area (Å²) in [6.45, 7) is 3.23. The van der Waals surface area contributed by atoms with Crippen molar-refractivity contribution in [3.05, 3.63) is 58.0 Å². The van der Waals surface area contributed by atoms with Gasteiger partial charge in [0.25, 0.3) is 0 Å². The van der Waals surface area contributed by atoms with Crippen molar-refractivity contribution in [3.63, 3.8) is 0 Å². The van der Waals surface area contributed by atoms with Crippen LogP contribution >= 0.6 is 11.3 Å². The normalized spacial score (nSPS) is 16.9. The van der Waals surface area contributed by atoms with Crippen molar-refractivity contribution in [2.24, 2.45) is 0 Å². The molecule has 23 heavy (non-hydrogen) atoms. The number of carbonyl (C=O) groups excluding carboxylic acids is 1. The first-order valence-electron chi connectivity index (χ1n) is 7.61. The molecule has 1 aromatic carbocycles. The molecule has 1 saturated heterocycles. The van der Waals surface area contributed by atoms with E-state index in [2.05, 4.69) is 10.2 Å². The Hall–Kier alpha value is -1.76. The molecule has 3 rings (SSSR count). The summed E-state index contributed by atoms with van der Waals surface area (Å²) in [5.74, 6) is -0.312. The standard InChI is InChI=1S/C17H19FN2O2S/c18-14-5-3-13(4-6-14)17(15-2-1-11-23-15)19-16(21)12-20-7-9-22-10-8-20/h1-6,11,17H,7-10,12H2,(H,19,21). The summed E-state index contributed by atoms with van der Waals surface area (Å²) in [5, 5.41) is 5.04. The Balaban J connectivity index is 1.71. The van der Waals surface area contributed by atoms with Crippen LogP contribution < -0.4 is 5.32 Å². The Morgan fingerprint density at radius 2 is 2.00 bits per heavy atom. The first kappa shape index (κ1) is 16.1. The molecule has 0 aliphatic carbocycles. The smallest absolute Gasteiger partial charge is 0.234 e. The highest BCUT2D eigenvalue weighted by molar-refractivity contribution is 7.10. The molecule has 0 radical (unpaired) electrons. The highest BCUT2D eigenvalue weighted by atomic mass is 32.1. The monoisotopic (exact) mass is 334 g/mol. The average Bonchev–Trinajstić information content (AvgIpc) is 3.09. The zero-order valence-electron chi connectivity index (χ0n) is 12.7. The van der Waals surface area contributed by atoms with Crippen molar-refractivity contribution in [2.75, 3.05) is 32.8 Å². The van der Waals surface area contributed by atoms with Crippen molar-refractivity contribution in [1.82, 2.24) is 10.2 Å². The number of morpholine rings is 1. The number of amides is 1. The second-order valence-electron chi connectivity index (χ2n) is 5.46. The lowest BCUT2D eigenvalue weighted by Gasteiger charge is -2.27. The highest BCUT2D eigenvalue weighted by Gasteiger charge is 2.20. The van der Waals surface area contributed by atoms with Crippen LogP contribution in [0.4, 0.5) is 4.39 Å². The minimum Gasteiger partial charge on any atom is -0.379 e. The van der Waals surface area contributed by atoms with E-state index in [0.717, 1.165) is 23.5 Å². The zero-order chi connectivity index (χ0) is 16.1. The summed E-state index contributed by atoms with van der Waals surface area (Å²) < 4.78 is 18.5. The van der Waals surface area contributed by atoms with Crippen LogP contribution in [0.15, 0.2) is 41.8 Å². The van der Waals surface area contributed by atoms with E-state index in [9.17, 15) is 9.18 Å². The minimum absolute atomic E-state index is 0.0328. The number of benzene rings is 1. The van der Waals surface area contributed by atoms with E-state index in [0.29, 0.717) is 19.8 Å². The first-order valence-corrected chi connectivity index (χ1v) is 8.48. The largest absolute Gasteiger partial charge is 0.379 e. The van der Waals surface area contributed by atoms with E-state index >= 15 is 0 Å². The third-order valence-corrected chi connectivity index (χ3v) is 4.74. The molecule has 122 valence electrons. The molecule has 1 aromatic heterocycles. The molecule has 2 heterocycles. The quantitative estimate of drug-likeness (QED) is 0.913. The summed E-state index contributed by atoms with van der Waals surface area (Å²) >= 11 is 1.58. The molecule has 1 aliphatic rings. The lowest BCUT2D eigenvalue weighted by molar-refractivity contribution is -0.123. The lowest BCUT2D eigenvalue weighted by Crippen LogP contribution is -2.44. The maximum absolute atomic E-state index is 13.2. The van der Waals surface area contributed by atoms with E-state index < -0.39 is 0 Å². The molecule has 1 fully saturated rings. The maximum atomic E-state index is 13.2. The van der Waals surface area contributed by atoms with Crippen LogP contribution in [0.3, 0.4) is 0 Å². The Morgan fingerprint density at radius 1 is 1.26 bits per heavy atom. The highest BCUT2D eigenvalue weighted by Crippen LogP contribution is 2.26. The molecule has 4 nitrogen and oxygen atoms in total. The number of nitrogens with one attached hydrogen (secondary N) is 1. The molecule has 0 bridgehead atoms. The van der Waals surface area contributed by atoms with Gasteiger partial charge >= 0.3 is 0 Å². The van der Waals surface area contributed by atoms with Crippen molar-refractivity contribution in [3.8, 4) is 0 Å². The van der Waals surface area contributed by atoms with Gasteiger partial charge in [0.15, 0.2) is 0 Å². The zero-order valence-corrected chi connectivity index (χ0v) is 13.5. The predicted molar refractivity (Wildman–Crippen MR) is 88.0 cm³/mol. The Morgan fingerprint density at radius 3 is 2.65 bits per heavy atom. The molecule has 1 atom stereocenters. The molecule has 1 N–H and O–H groups in total. The molecule has 2 aromatic rings. The predicted octanol–water partition coefficient (Wildman–Crippen LogP) is 2.43. The first-order chi connectivity index (χ1) is 11.2. The van der Waals surface area contributed by atoms with Crippen molar-refractivity contribution >= 4 is 17.2 Å². The summed E-state index contributed by atoms with van der Waals surface area (Å²) in [4.78, 5) is 15.5. The molecule has 0 saturated carbocycles. The summed E-state index contributed by atoms with van der Waals surface area (Å²) in [7, 11) is 0. The van der Waals surface area contributed by atoms with E-state index in [1.54, 1.807) is 23.5 Å². The Bertz CT molecular complexity index is 625. The maximum Gasteiger partial charge on any atom is 0.234 e. The van der Waals surface area contributed by atoms with Crippen molar-refractivity contribution in [1.29, 1.82) is 0 Å². The lowest BCUT2D eigenvalue weighted by atomic mass is 10.1. The fraction of sp³-hybridized carbons (Fsp3) is 0.353. The van der Waals surface area contributed by atoms with Crippen LogP contribution in [-0.4, -0.2) is 43.7 Å². The SMILES string of the molecule is O=C(CN1CCOCC1)NC(c1ccc(F)cc1)c1cccs1. The second kappa shape index (κ2) is 7.68. The number of halogens is 1. The number of carbonyl (C=O) groups is 1. The molecule has 1 unspecified atom stereocenters. The van der Waals surface area contributed by atoms with Crippen LogP contribution in [0.2, 0.25) is 0 Å². The van der Waals surface area contributed by atoms with Crippen LogP contribution in [0, 0.1) is 5.82 Å². The van der Waals surface area contributed by atoms with Gasteiger partial charge in [-0.1, -0.05) is 18.2 Å². The molecule has 6 heteroatoms.